The second-order valence-corrected chi connectivity index (χ2v) is 4.75. The van der Waals surface area contributed by atoms with Gasteiger partial charge in [-0.25, -0.2) is 5.53 Å². The highest BCUT2D eigenvalue weighted by atomic mass is 15.0. The number of para-hydroxylation sites is 1. The number of pyridine rings is 1. The number of nitrogens with one attached hydrogen (secondary N) is 1. The van der Waals surface area contributed by atoms with Crippen LogP contribution in [0.3, 0.4) is 0 Å². The average Bonchev–Trinajstić information content (AvgIpc) is 2.53. The van der Waals surface area contributed by atoms with E-state index >= 15 is 0 Å². The molecule has 0 amide bonds. The highest BCUT2D eigenvalue weighted by molar-refractivity contribution is 5.81. The van der Waals surface area contributed by atoms with Crippen LogP contribution in [0.1, 0.15) is 17.2 Å². The molecule has 3 heteroatoms. The molecule has 1 aromatic heterocycles. The van der Waals surface area contributed by atoms with Crippen LogP contribution < -0.4 is 0 Å². The van der Waals surface area contributed by atoms with Crippen LogP contribution in [0.15, 0.2) is 72.0 Å². The molecule has 3 rings (SSSR count). The summed E-state index contributed by atoms with van der Waals surface area (Å²) in [6.07, 6.45) is 2.54. The van der Waals surface area contributed by atoms with E-state index in [9.17, 15) is 0 Å². The van der Waals surface area contributed by atoms with E-state index in [-0.39, 0.29) is 6.04 Å². The summed E-state index contributed by atoms with van der Waals surface area (Å²) in [5.41, 5.74) is 10.7. The monoisotopic (exact) mass is 261 g/mol. The number of hydrogen-bond donors (Lipinski definition) is 1. The van der Waals surface area contributed by atoms with Gasteiger partial charge in [-0.1, -0.05) is 48.5 Å². The van der Waals surface area contributed by atoms with Gasteiger partial charge in [-0.05, 0) is 23.3 Å². The van der Waals surface area contributed by atoms with Crippen molar-refractivity contribution in [3.63, 3.8) is 0 Å². The second-order valence-electron chi connectivity index (χ2n) is 4.75. The third-order valence-electron chi connectivity index (χ3n) is 3.49. The summed E-state index contributed by atoms with van der Waals surface area (Å²) in [6, 6.07) is 20.0. The molecule has 0 saturated carbocycles. The molecule has 20 heavy (non-hydrogen) atoms. The SMILES string of the molecule is N=NC(Cc1ccnc2ccccc12)c1ccccc1. The Hall–Kier alpha value is -2.55. The number of hydrogen-bond acceptors (Lipinski definition) is 3. The molecular weight excluding hydrogens is 246 g/mol. The number of benzene rings is 2. The zero-order valence-electron chi connectivity index (χ0n) is 11.0. The molecule has 0 radical (unpaired) electrons. The summed E-state index contributed by atoms with van der Waals surface area (Å²) in [7, 11) is 0. The van der Waals surface area contributed by atoms with E-state index in [0.717, 1.165) is 22.9 Å². The van der Waals surface area contributed by atoms with Gasteiger partial charge in [-0.2, -0.15) is 5.11 Å². The normalized spacial score (nSPS) is 12.2. The topological polar surface area (TPSA) is 49.1 Å². The van der Waals surface area contributed by atoms with Gasteiger partial charge in [0.2, 0.25) is 0 Å². The molecule has 3 aromatic rings. The molecule has 1 atom stereocenters. The van der Waals surface area contributed by atoms with Crippen molar-refractivity contribution in [3.8, 4) is 0 Å². The minimum Gasteiger partial charge on any atom is -0.256 e. The Morgan fingerprint density at radius 1 is 0.950 bits per heavy atom. The third kappa shape index (κ3) is 2.43. The molecular formula is C17H15N3. The molecule has 0 fully saturated rings. The van der Waals surface area contributed by atoms with Crippen LogP contribution >= 0.6 is 0 Å². The van der Waals surface area contributed by atoms with Gasteiger partial charge in [0.25, 0.3) is 0 Å². The van der Waals surface area contributed by atoms with Gasteiger partial charge >= 0.3 is 0 Å². The Morgan fingerprint density at radius 2 is 1.70 bits per heavy atom. The molecule has 0 aliphatic carbocycles. The number of fused-ring (bicyclic) bond motifs is 1. The van der Waals surface area contributed by atoms with E-state index in [0.29, 0.717) is 0 Å². The molecule has 2 aromatic carbocycles. The number of aromatic nitrogens is 1. The van der Waals surface area contributed by atoms with Crippen LogP contribution in [0.2, 0.25) is 0 Å². The van der Waals surface area contributed by atoms with Crippen LogP contribution in [-0.4, -0.2) is 4.98 Å². The Kier molecular flexibility index (Phi) is 3.50. The fourth-order valence-corrected chi connectivity index (χ4v) is 2.45. The summed E-state index contributed by atoms with van der Waals surface area (Å²) in [5, 5.41) is 4.93. The van der Waals surface area contributed by atoms with Crippen molar-refractivity contribution in [2.75, 3.05) is 0 Å². The summed E-state index contributed by atoms with van der Waals surface area (Å²) in [5.74, 6) is 0. The van der Waals surface area contributed by atoms with Crippen LogP contribution in [0, 0.1) is 5.53 Å². The fraction of sp³-hybridized carbons (Fsp3) is 0.118. The predicted molar refractivity (Wildman–Crippen MR) is 79.8 cm³/mol. The molecule has 98 valence electrons. The lowest BCUT2D eigenvalue weighted by Gasteiger charge is -2.12. The smallest absolute Gasteiger partial charge is 0.0995 e. The van der Waals surface area contributed by atoms with Gasteiger partial charge in [0.15, 0.2) is 0 Å². The minimum absolute atomic E-state index is 0.137. The van der Waals surface area contributed by atoms with Crippen LogP contribution in [-0.2, 0) is 6.42 Å². The maximum atomic E-state index is 7.46. The van der Waals surface area contributed by atoms with Crippen molar-refractivity contribution in [2.24, 2.45) is 5.11 Å². The van der Waals surface area contributed by atoms with Crippen LogP contribution in [0.5, 0.6) is 0 Å². The van der Waals surface area contributed by atoms with E-state index in [4.69, 9.17) is 5.53 Å². The van der Waals surface area contributed by atoms with Crippen molar-refractivity contribution >= 4 is 10.9 Å². The first-order valence-corrected chi connectivity index (χ1v) is 6.62. The van der Waals surface area contributed by atoms with Gasteiger partial charge in [0.1, 0.15) is 0 Å². The maximum absolute atomic E-state index is 7.46. The van der Waals surface area contributed by atoms with E-state index in [2.05, 4.69) is 16.2 Å². The zero-order chi connectivity index (χ0) is 13.8. The van der Waals surface area contributed by atoms with Crippen molar-refractivity contribution in [2.45, 2.75) is 12.5 Å². The average molecular weight is 261 g/mol. The Labute approximate surface area is 117 Å². The van der Waals surface area contributed by atoms with E-state index in [1.165, 1.54) is 5.56 Å². The maximum Gasteiger partial charge on any atom is 0.0995 e. The van der Waals surface area contributed by atoms with Crippen LogP contribution in [0.4, 0.5) is 0 Å². The van der Waals surface area contributed by atoms with E-state index in [1.807, 2.05) is 60.8 Å². The third-order valence-corrected chi connectivity index (χ3v) is 3.49. The van der Waals surface area contributed by atoms with Gasteiger partial charge in [0, 0.05) is 18.0 Å². The first-order valence-electron chi connectivity index (χ1n) is 6.62. The van der Waals surface area contributed by atoms with Crippen molar-refractivity contribution in [3.05, 3.63) is 78.0 Å². The van der Waals surface area contributed by atoms with Crippen molar-refractivity contribution < 1.29 is 0 Å². The predicted octanol–water partition coefficient (Wildman–Crippen LogP) is 4.55. The molecule has 0 aliphatic rings. The van der Waals surface area contributed by atoms with Gasteiger partial charge in [-0.15, -0.1) is 0 Å². The molecule has 1 N–H and O–H groups in total. The molecule has 0 saturated heterocycles. The van der Waals surface area contributed by atoms with E-state index < -0.39 is 0 Å². The summed E-state index contributed by atoms with van der Waals surface area (Å²) in [4.78, 5) is 4.37. The molecule has 0 spiro atoms. The Morgan fingerprint density at radius 3 is 2.50 bits per heavy atom. The fourth-order valence-electron chi connectivity index (χ4n) is 2.45. The first kappa shape index (κ1) is 12.5. The quantitative estimate of drug-likeness (QED) is 0.688. The Bertz CT molecular complexity index is 717. The summed E-state index contributed by atoms with van der Waals surface area (Å²) < 4.78 is 0. The number of rotatable bonds is 4. The van der Waals surface area contributed by atoms with Gasteiger partial charge in [-0.3, -0.25) is 4.98 Å². The summed E-state index contributed by atoms with van der Waals surface area (Å²) in [6.45, 7) is 0. The molecule has 1 heterocycles. The standard InChI is InChI=1S/C17H15N3/c18-20-17(13-6-2-1-3-7-13)12-14-10-11-19-16-9-5-4-8-15(14)16/h1-11,17-18H,12H2. The lowest BCUT2D eigenvalue weighted by molar-refractivity contribution is 0.665. The molecule has 0 bridgehead atoms. The molecule has 1 unspecified atom stereocenters. The van der Waals surface area contributed by atoms with Gasteiger partial charge < -0.3 is 0 Å². The van der Waals surface area contributed by atoms with Gasteiger partial charge in [0.05, 0.1) is 11.6 Å². The lowest BCUT2D eigenvalue weighted by Crippen LogP contribution is -2.00. The minimum atomic E-state index is -0.137. The largest absolute Gasteiger partial charge is 0.256 e. The number of nitrogens with zero attached hydrogens (tertiary/aromatic N) is 2. The summed E-state index contributed by atoms with van der Waals surface area (Å²) >= 11 is 0. The highest BCUT2D eigenvalue weighted by Crippen LogP contribution is 2.25. The van der Waals surface area contributed by atoms with Crippen molar-refractivity contribution in [1.82, 2.24) is 4.98 Å². The molecule has 0 aliphatic heterocycles. The second kappa shape index (κ2) is 5.61. The first-order chi connectivity index (χ1) is 9.88. The van der Waals surface area contributed by atoms with Crippen molar-refractivity contribution in [1.29, 1.82) is 5.53 Å². The molecule has 3 nitrogen and oxygen atoms in total. The van der Waals surface area contributed by atoms with E-state index in [1.54, 1.807) is 0 Å². The Balaban J connectivity index is 1.98. The zero-order valence-corrected chi connectivity index (χ0v) is 11.0. The lowest BCUT2D eigenvalue weighted by atomic mass is 9.97. The van der Waals surface area contributed by atoms with Crippen LogP contribution in [0.25, 0.3) is 10.9 Å². The highest BCUT2D eigenvalue weighted by Gasteiger charge is 2.12.